The second kappa shape index (κ2) is 10.1. The summed E-state index contributed by atoms with van der Waals surface area (Å²) in [5.74, 6) is 0.919. The normalized spacial score (nSPS) is 15.8. The quantitative estimate of drug-likeness (QED) is 0.407. The molecule has 162 valence electrons. The highest BCUT2D eigenvalue weighted by molar-refractivity contribution is 8.18. The lowest BCUT2D eigenvalue weighted by atomic mass is 10.2. The molecule has 8 heteroatoms. The minimum absolute atomic E-state index is 0.193. The molecule has 0 aliphatic carbocycles. The Labute approximate surface area is 200 Å². The zero-order chi connectivity index (χ0) is 22.5. The lowest BCUT2D eigenvalue weighted by molar-refractivity contribution is -0.115. The van der Waals surface area contributed by atoms with Crippen molar-refractivity contribution in [1.82, 2.24) is 5.32 Å². The number of hydrogen-bond acceptors (Lipinski definition) is 5. The van der Waals surface area contributed by atoms with Crippen LogP contribution in [0.1, 0.15) is 11.1 Å². The van der Waals surface area contributed by atoms with E-state index in [4.69, 9.17) is 32.7 Å². The maximum absolute atomic E-state index is 12.4. The molecule has 1 heterocycles. The molecular weight excluding hydrogens is 467 g/mol. The molecule has 1 aliphatic heterocycles. The van der Waals surface area contributed by atoms with Crippen molar-refractivity contribution in [3.63, 3.8) is 0 Å². The second-order valence-corrected chi connectivity index (χ2v) is 8.63. The molecule has 0 aromatic heterocycles. The Bertz CT molecular complexity index is 1210. The average molecular weight is 485 g/mol. The van der Waals surface area contributed by atoms with Gasteiger partial charge in [-0.1, -0.05) is 53.5 Å². The van der Waals surface area contributed by atoms with Gasteiger partial charge in [0.15, 0.2) is 16.7 Å². The first kappa shape index (κ1) is 22.3. The van der Waals surface area contributed by atoms with Gasteiger partial charge in [-0.25, -0.2) is 4.99 Å². The van der Waals surface area contributed by atoms with E-state index in [1.165, 1.54) is 11.8 Å². The van der Waals surface area contributed by atoms with E-state index >= 15 is 0 Å². The number of nitrogens with zero attached hydrogens (tertiary/aromatic N) is 1. The smallest absolute Gasteiger partial charge is 0.264 e. The summed E-state index contributed by atoms with van der Waals surface area (Å²) < 4.78 is 11.4. The number of ether oxygens (including phenoxy) is 2. The SMILES string of the molecule is COc1cc(C=C2SC(=Nc3ccccc3)NC2=O)ccc1OCc1ccc(Cl)cc1Cl. The lowest BCUT2D eigenvalue weighted by Gasteiger charge is -2.12. The number of benzene rings is 3. The molecular formula is C24H18Cl2N2O3S. The second-order valence-electron chi connectivity index (χ2n) is 6.75. The van der Waals surface area contributed by atoms with Crippen LogP contribution in [0.3, 0.4) is 0 Å². The number of nitrogens with one attached hydrogen (secondary N) is 1. The fourth-order valence-corrected chi connectivity index (χ4v) is 4.24. The first-order chi connectivity index (χ1) is 15.5. The van der Waals surface area contributed by atoms with Crippen LogP contribution in [-0.4, -0.2) is 18.2 Å². The molecule has 1 fully saturated rings. The standard InChI is InChI=1S/C24H18Cl2N2O3S/c1-30-21-11-15(7-10-20(21)31-14-16-8-9-17(25)13-19(16)26)12-22-23(29)28-24(32-22)27-18-5-3-2-4-6-18/h2-13H,14H2,1H3,(H,27,28,29). The maximum atomic E-state index is 12.4. The molecule has 0 bridgehead atoms. The third-order valence-electron chi connectivity index (χ3n) is 4.52. The van der Waals surface area contributed by atoms with Crippen LogP contribution in [0, 0.1) is 0 Å². The van der Waals surface area contributed by atoms with E-state index in [1.807, 2.05) is 48.5 Å². The van der Waals surface area contributed by atoms with Gasteiger partial charge in [0, 0.05) is 15.6 Å². The molecule has 1 saturated heterocycles. The van der Waals surface area contributed by atoms with Gasteiger partial charge < -0.3 is 14.8 Å². The fourth-order valence-electron chi connectivity index (χ4n) is 2.94. The van der Waals surface area contributed by atoms with E-state index in [-0.39, 0.29) is 12.5 Å². The Balaban J connectivity index is 1.49. The molecule has 0 atom stereocenters. The number of halogens is 2. The highest BCUT2D eigenvalue weighted by Crippen LogP contribution is 2.33. The minimum Gasteiger partial charge on any atom is -0.493 e. The Hall–Kier alpha value is -2.93. The molecule has 5 nitrogen and oxygen atoms in total. The van der Waals surface area contributed by atoms with Crippen LogP contribution in [0.4, 0.5) is 5.69 Å². The number of para-hydroxylation sites is 1. The van der Waals surface area contributed by atoms with Crippen LogP contribution in [0.5, 0.6) is 11.5 Å². The van der Waals surface area contributed by atoms with Crippen LogP contribution < -0.4 is 14.8 Å². The molecule has 1 amide bonds. The molecule has 1 N–H and O–H groups in total. The van der Waals surface area contributed by atoms with Gasteiger partial charge in [-0.3, -0.25) is 4.79 Å². The molecule has 3 aromatic rings. The predicted octanol–water partition coefficient (Wildman–Crippen LogP) is 6.47. The van der Waals surface area contributed by atoms with Gasteiger partial charge >= 0.3 is 0 Å². The van der Waals surface area contributed by atoms with Gasteiger partial charge in [0.05, 0.1) is 17.7 Å². The zero-order valence-electron chi connectivity index (χ0n) is 17.0. The Kier molecular flexibility index (Phi) is 7.05. The minimum atomic E-state index is -0.193. The number of carbonyl (C=O) groups excluding carboxylic acids is 1. The molecule has 4 rings (SSSR count). The third-order valence-corrected chi connectivity index (χ3v) is 6.02. The summed E-state index contributed by atoms with van der Waals surface area (Å²) in [5.41, 5.74) is 2.39. The zero-order valence-corrected chi connectivity index (χ0v) is 19.3. The van der Waals surface area contributed by atoms with Crippen molar-refractivity contribution >= 4 is 57.8 Å². The topological polar surface area (TPSA) is 59.9 Å². The lowest BCUT2D eigenvalue weighted by Crippen LogP contribution is -2.19. The van der Waals surface area contributed by atoms with Crippen LogP contribution >= 0.6 is 35.0 Å². The van der Waals surface area contributed by atoms with Gasteiger partial charge in [-0.15, -0.1) is 0 Å². The molecule has 0 unspecified atom stereocenters. The van der Waals surface area contributed by atoms with Crippen LogP contribution in [-0.2, 0) is 11.4 Å². The van der Waals surface area contributed by atoms with Crippen LogP contribution in [0.25, 0.3) is 6.08 Å². The number of carbonyl (C=O) groups is 1. The summed E-state index contributed by atoms with van der Waals surface area (Å²) in [6, 6.07) is 20.2. The number of hydrogen-bond donors (Lipinski definition) is 1. The Morgan fingerprint density at radius 3 is 2.59 bits per heavy atom. The van der Waals surface area contributed by atoms with E-state index in [0.29, 0.717) is 31.6 Å². The summed E-state index contributed by atoms with van der Waals surface area (Å²) in [7, 11) is 1.57. The van der Waals surface area contributed by atoms with Gasteiger partial charge in [0.25, 0.3) is 5.91 Å². The van der Waals surface area contributed by atoms with Crippen molar-refractivity contribution < 1.29 is 14.3 Å². The predicted molar refractivity (Wildman–Crippen MR) is 131 cm³/mol. The van der Waals surface area contributed by atoms with Gasteiger partial charge in [0.1, 0.15) is 6.61 Å². The van der Waals surface area contributed by atoms with E-state index in [9.17, 15) is 4.79 Å². The Morgan fingerprint density at radius 1 is 1.03 bits per heavy atom. The maximum Gasteiger partial charge on any atom is 0.264 e. The van der Waals surface area contributed by atoms with E-state index in [1.54, 1.807) is 31.4 Å². The number of amidine groups is 1. The molecule has 0 radical (unpaired) electrons. The fraction of sp³-hybridized carbons (Fsp3) is 0.0833. The van der Waals surface area contributed by atoms with Crippen molar-refractivity contribution in [1.29, 1.82) is 0 Å². The molecule has 32 heavy (non-hydrogen) atoms. The first-order valence-corrected chi connectivity index (χ1v) is 11.2. The molecule has 0 saturated carbocycles. The molecule has 0 spiro atoms. The van der Waals surface area contributed by atoms with Crippen LogP contribution in [0.2, 0.25) is 10.0 Å². The van der Waals surface area contributed by atoms with E-state index < -0.39 is 0 Å². The van der Waals surface area contributed by atoms with E-state index in [2.05, 4.69) is 10.3 Å². The largest absolute Gasteiger partial charge is 0.493 e. The molecule has 3 aromatic carbocycles. The third kappa shape index (κ3) is 5.46. The van der Waals surface area contributed by atoms with E-state index in [0.717, 1.165) is 16.8 Å². The number of thioether (sulfide) groups is 1. The van der Waals surface area contributed by atoms with Crippen molar-refractivity contribution in [2.45, 2.75) is 6.61 Å². The number of aliphatic imine (C=N–C) groups is 1. The monoisotopic (exact) mass is 484 g/mol. The first-order valence-electron chi connectivity index (χ1n) is 9.61. The number of methoxy groups -OCH3 is 1. The van der Waals surface area contributed by atoms with Gasteiger partial charge in [0.2, 0.25) is 0 Å². The highest BCUT2D eigenvalue weighted by atomic mass is 35.5. The van der Waals surface area contributed by atoms with Crippen LogP contribution in [0.15, 0.2) is 76.6 Å². The van der Waals surface area contributed by atoms with Crippen molar-refractivity contribution in [3.8, 4) is 11.5 Å². The van der Waals surface area contributed by atoms with Crippen molar-refractivity contribution in [3.05, 3.63) is 92.8 Å². The number of amides is 1. The van der Waals surface area contributed by atoms with Crippen molar-refractivity contribution in [2.24, 2.45) is 4.99 Å². The highest BCUT2D eigenvalue weighted by Gasteiger charge is 2.24. The average Bonchev–Trinajstić information content (AvgIpc) is 3.12. The molecule has 1 aliphatic rings. The van der Waals surface area contributed by atoms with Crippen molar-refractivity contribution in [2.75, 3.05) is 7.11 Å². The summed E-state index contributed by atoms with van der Waals surface area (Å²) in [5, 5.41) is 4.44. The van der Waals surface area contributed by atoms with Gasteiger partial charge in [-0.05, 0) is 59.8 Å². The Morgan fingerprint density at radius 2 is 1.84 bits per heavy atom. The van der Waals surface area contributed by atoms with Gasteiger partial charge in [-0.2, -0.15) is 0 Å². The summed E-state index contributed by atoms with van der Waals surface area (Å²) in [4.78, 5) is 17.4. The number of rotatable bonds is 6. The summed E-state index contributed by atoms with van der Waals surface area (Å²) in [6.07, 6.45) is 1.79. The summed E-state index contributed by atoms with van der Waals surface area (Å²) >= 11 is 13.4. The summed E-state index contributed by atoms with van der Waals surface area (Å²) in [6.45, 7) is 0.268.